The van der Waals surface area contributed by atoms with Gasteiger partial charge in [0.25, 0.3) is 0 Å². The van der Waals surface area contributed by atoms with Gasteiger partial charge in [0.2, 0.25) is 0 Å². The number of hydrogen-bond acceptors (Lipinski definition) is 5. The van der Waals surface area contributed by atoms with E-state index in [1.807, 2.05) is 0 Å². The Morgan fingerprint density at radius 1 is 1.36 bits per heavy atom. The molecular formula is C9H16N4O. The van der Waals surface area contributed by atoms with Gasteiger partial charge < -0.3 is 4.52 Å². The second-order valence-corrected chi connectivity index (χ2v) is 4.19. The molecule has 1 fully saturated rings. The molecule has 0 unspecified atom stereocenters. The van der Waals surface area contributed by atoms with Crippen molar-refractivity contribution in [3.05, 3.63) is 5.82 Å². The Labute approximate surface area is 83.0 Å². The third-order valence-corrected chi connectivity index (χ3v) is 3.05. The maximum atomic E-state index is 5.19. The van der Waals surface area contributed by atoms with Crippen LogP contribution in [0.1, 0.15) is 44.9 Å². The number of aromatic nitrogens is 2. The first-order valence-corrected chi connectivity index (χ1v) is 5.05. The molecule has 1 saturated carbocycles. The average Bonchev–Trinajstić information content (AvgIpc) is 2.67. The summed E-state index contributed by atoms with van der Waals surface area (Å²) < 4.78 is 4.94. The van der Waals surface area contributed by atoms with Gasteiger partial charge in [0.1, 0.15) is 0 Å². The number of hydrogen-bond donors (Lipinski definition) is 2. The zero-order chi connectivity index (χ0) is 10.0. The minimum absolute atomic E-state index is 0.0802. The Morgan fingerprint density at radius 3 is 2.64 bits per heavy atom. The van der Waals surface area contributed by atoms with Gasteiger partial charge in [-0.2, -0.15) is 4.98 Å². The van der Waals surface area contributed by atoms with E-state index in [1.165, 1.54) is 19.3 Å². The van der Waals surface area contributed by atoms with Crippen molar-refractivity contribution in [2.45, 2.75) is 44.4 Å². The quantitative estimate of drug-likeness (QED) is 0.554. The Hall–Kier alpha value is -1.10. The molecule has 14 heavy (non-hydrogen) atoms. The van der Waals surface area contributed by atoms with Gasteiger partial charge >= 0.3 is 6.01 Å². The van der Waals surface area contributed by atoms with Gasteiger partial charge in [-0.3, -0.25) is 5.43 Å². The van der Waals surface area contributed by atoms with Crippen LogP contribution in [0.15, 0.2) is 4.52 Å². The molecule has 0 radical (unpaired) electrons. The van der Waals surface area contributed by atoms with Gasteiger partial charge in [0, 0.05) is 5.41 Å². The van der Waals surface area contributed by atoms with Gasteiger partial charge in [0.05, 0.1) is 0 Å². The summed E-state index contributed by atoms with van der Waals surface area (Å²) in [7, 11) is 0. The molecule has 0 amide bonds. The Balaban J connectivity index is 2.19. The van der Waals surface area contributed by atoms with E-state index in [0.717, 1.165) is 18.7 Å². The topological polar surface area (TPSA) is 77.0 Å². The molecule has 0 bridgehead atoms. The molecular weight excluding hydrogens is 180 g/mol. The number of hydrazine groups is 1. The molecule has 0 saturated heterocycles. The molecule has 5 nitrogen and oxygen atoms in total. The number of anilines is 1. The van der Waals surface area contributed by atoms with Crippen molar-refractivity contribution in [3.8, 4) is 0 Å². The third kappa shape index (κ3) is 1.59. The predicted molar refractivity (Wildman–Crippen MR) is 52.5 cm³/mol. The summed E-state index contributed by atoms with van der Waals surface area (Å²) in [5, 5.41) is 3.95. The van der Waals surface area contributed by atoms with Crippen molar-refractivity contribution in [2.24, 2.45) is 5.84 Å². The summed E-state index contributed by atoms with van der Waals surface area (Å²) in [6, 6.07) is 0.298. The minimum atomic E-state index is 0.0802. The van der Waals surface area contributed by atoms with Crippen molar-refractivity contribution >= 4 is 6.01 Å². The Kier molecular flexibility index (Phi) is 2.41. The normalized spacial score (nSPS) is 20.7. The molecule has 0 spiro atoms. The first-order chi connectivity index (χ1) is 6.74. The highest BCUT2D eigenvalue weighted by Gasteiger charge is 2.33. The zero-order valence-electron chi connectivity index (χ0n) is 8.42. The molecule has 3 N–H and O–H groups in total. The van der Waals surface area contributed by atoms with E-state index < -0.39 is 0 Å². The highest BCUT2D eigenvalue weighted by Crippen LogP contribution is 2.37. The van der Waals surface area contributed by atoms with E-state index in [0.29, 0.717) is 6.01 Å². The van der Waals surface area contributed by atoms with Crippen LogP contribution in [0.4, 0.5) is 6.01 Å². The van der Waals surface area contributed by atoms with Gasteiger partial charge in [-0.1, -0.05) is 31.3 Å². The van der Waals surface area contributed by atoms with Crippen LogP contribution < -0.4 is 11.3 Å². The summed E-state index contributed by atoms with van der Waals surface area (Å²) >= 11 is 0. The summed E-state index contributed by atoms with van der Waals surface area (Å²) in [5.41, 5.74) is 2.44. The van der Waals surface area contributed by atoms with Crippen LogP contribution in [-0.4, -0.2) is 10.1 Å². The van der Waals surface area contributed by atoms with Crippen LogP contribution in [0, 0.1) is 0 Å². The van der Waals surface area contributed by atoms with E-state index in [4.69, 9.17) is 10.4 Å². The summed E-state index contributed by atoms with van der Waals surface area (Å²) in [5.74, 6) is 5.97. The van der Waals surface area contributed by atoms with Crippen molar-refractivity contribution in [3.63, 3.8) is 0 Å². The molecule has 1 aromatic heterocycles. The number of nitrogens with zero attached hydrogens (tertiary/aromatic N) is 2. The van der Waals surface area contributed by atoms with Crippen LogP contribution in [0.3, 0.4) is 0 Å². The van der Waals surface area contributed by atoms with Crippen molar-refractivity contribution in [1.29, 1.82) is 0 Å². The van der Waals surface area contributed by atoms with Crippen LogP contribution in [0.25, 0.3) is 0 Å². The predicted octanol–water partition coefficient (Wildman–Crippen LogP) is 1.58. The fraction of sp³-hybridized carbons (Fsp3) is 0.778. The molecule has 1 aromatic rings. The van der Waals surface area contributed by atoms with E-state index >= 15 is 0 Å². The van der Waals surface area contributed by atoms with Crippen LogP contribution in [-0.2, 0) is 5.41 Å². The SMILES string of the molecule is CC1(c2noc(NN)n2)CCCCC1. The van der Waals surface area contributed by atoms with Gasteiger partial charge in [-0.25, -0.2) is 5.84 Å². The molecule has 1 aliphatic rings. The van der Waals surface area contributed by atoms with Gasteiger partial charge in [0.15, 0.2) is 5.82 Å². The number of nitrogen functional groups attached to an aromatic ring is 1. The second kappa shape index (κ2) is 3.57. The Morgan fingerprint density at radius 2 is 2.07 bits per heavy atom. The minimum Gasteiger partial charge on any atom is -0.314 e. The molecule has 5 heteroatoms. The number of rotatable bonds is 2. The standard InChI is InChI=1S/C9H16N4O/c1-9(5-3-2-4-6-9)7-11-8(12-10)14-13-7/h2-6,10H2,1H3,(H,11,12,13). The highest BCUT2D eigenvalue weighted by molar-refractivity contribution is 5.18. The van der Waals surface area contributed by atoms with Gasteiger partial charge in [-0.05, 0) is 12.8 Å². The molecule has 1 aliphatic carbocycles. The first kappa shape index (κ1) is 9.45. The average molecular weight is 196 g/mol. The lowest BCUT2D eigenvalue weighted by Gasteiger charge is -2.29. The highest BCUT2D eigenvalue weighted by atomic mass is 16.5. The second-order valence-electron chi connectivity index (χ2n) is 4.19. The smallest absolute Gasteiger partial charge is 0.314 e. The van der Waals surface area contributed by atoms with E-state index in [-0.39, 0.29) is 5.41 Å². The molecule has 78 valence electrons. The monoisotopic (exact) mass is 196 g/mol. The van der Waals surface area contributed by atoms with Crippen molar-refractivity contribution in [2.75, 3.05) is 5.43 Å². The van der Waals surface area contributed by atoms with Crippen molar-refractivity contribution < 1.29 is 4.52 Å². The summed E-state index contributed by atoms with van der Waals surface area (Å²) in [6.45, 7) is 2.19. The van der Waals surface area contributed by atoms with Crippen molar-refractivity contribution in [1.82, 2.24) is 10.1 Å². The first-order valence-electron chi connectivity index (χ1n) is 5.05. The summed E-state index contributed by atoms with van der Waals surface area (Å²) in [4.78, 5) is 4.21. The molecule has 0 aliphatic heterocycles. The van der Waals surface area contributed by atoms with E-state index in [2.05, 4.69) is 22.5 Å². The van der Waals surface area contributed by atoms with Crippen LogP contribution in [0.5, 0.6) is 0 Å². The number of nitrogens with one attached hydrogen (secondary N) is 1. The zero-order valence-corrected chi connectivity index (χ0v) is 8.42. The lowest BCUT2D eigenvalue weighted by molar-refractivity contribution is 0.290. The number of nitrogens with two attached hydrogens (primary N) is 1. The van der Waals surface area contributed by atoms with E-state index in [1.54, 1.807) is 0 Å². The third-order valence-electron chi connectivity index (χ3n) is 3.05. The maximum absolute atomic E-state index is 5.19. The molecule has 0 atom stereocenters. The molecule has 1 heterocycles. The lowest BCUT2D eigenvalue weighted by Crippen LogP contribution is -2.26. The molecule has 0 aromatic carbocycles. The maximum Gasteiger partial charge on any atom is 0.335 e. The fourth-order valence-corrected chi connectivity index (χ4v) is 2.08. The largest absolute Gasteiger partial charge is 0.335 e. The molecule has 2 rings (SSSR count). The fourth-order valence-electron chi connectivity index (χ4n) is 2.08. The van der Waals surface area contributed by atoms with Crippen LogP contribution >= 0.6 is 0 Å². The van der Waals surface area contributed by atoms with Gasteiger partial charge in [-0.15, -0.1) is 0 Å². The van der Waals surface area contributed by atoms with E-state index in [9.17, 15) is 0 Å². The lowest BCUT2D eigenvalue weighted by atomic mass is 9.75. The Bertz CT molecular complexity index is 304. The van der Waals surface area contributed by atoms with Crippen LogP contribution in [0.2, 0.25) is 0 Å². The summed E-state index contributed by atoms with van der Waals surface area (Å²) in [6.07, 6.45) is 6.08.